The first-order chi connectivity index (χ1) is 8.21. The summed E-state index contributed by atoms with van der Waals surface area (Å²) >= 11 is 0. The van der Waals surface area contributed by atoms with Gasteiger partial charge in [0.25, 0.3) is 10.1 Å². The van der Waals surface area contributed by atoms with E-state index < -0.39 is 25.7 Å². The van der Waals surface area contributed by atoms with Gasteiger partial charge in [0.15, 0.2) is 9.84 Å². The summed E-state index contributed by atoms with van der Waals surface area (Å²) in [6.45, 7) is 1.80. The first-order valence-electron chi connectivity index (χ1n) is 5.45. The predicted octanol–water partition coefficient (Wildman–Crippen LogP) is 1.44. The van der Waals surface area contributed by atoms with E-state index in [1.807, 2.05) is 0 Å². The Kier molecular flexibility index (Phi) is 4.89. The molecule has 0 aliphatic carbocycles. The lowest BCUT2D eigenvalue weighted by atomic mass is 10.2. The lowest BCUT2D eigenvalue weighted by Crippen LogP contribution is -2.10. The summed E-state index contributed by atoms with van der Waals surface area (Å²) in [5.74, 6) is -0.525. The quantitative estimate of drug-likeness (QED) is 0.633. The van der Waals surface area contributed by atoms with Crippen LogP contribution in [-0.2, 0) is 20.0 Å². The van der Waals surface area contributed by atoms with Crippen LogP contribution in [0.2, 0.25) is 0 Å². The minimum absolute atomic E-state index is 0.119. The Labute approximate surface area is 108 Å². The van der Waals surface area contributed by atoms with Crippen LogP contribution in [0.3, 0.4) is 0 Å². The van der Waals surface area contributed by atoms with Gasteiger partial charge in [-0.05, 0) is 37.5 Å². The molecule has 5 nitrogen and oxygen atoms in total. The molecule has 1 rings (SSSR count). The Morgan fingerprint density at radius 3 is 2.22 bits per heavy atom. The highest BCUT2D eigenvalue weighted by Gasteiger charge is 2.14. The van der Waals surface area contributed by atoms with E-state index in [-0.39, 0.29) is 23.5 Å². The van der Waals surface area contributed by atoms with Crippen LogP contribution in [0.1, 0.15) is 18.4 Å². The molecule has 18 heavy (non-hydrogen) atoms. The van der Waals surface area contributed by atoms with E-state index in [4.69, 9.17) is 4.55 Å². The molecule has 0 spiro atoms. The molecule has 0 heterocycles. The van der Waals surface area contributed by atoms with Gasteiger partial charge >= 0.3 is 0 Å². The average molecular weight is 292 g/mol. The highest BCUT2D eigenvalue weighted by molar-refractivity contribution is 7.91. The molecular formula is C11H16O5S2. The summed E-state index contributed by atoms with van der Waals surface area (Å²) in [6, 6.07) is 6.57. The van der Waals surface area contributed by atoms with Crippen molar-refractivity contribution in [3.8, 4) is 0 Å². The van der Waals surface area contributed by atoms with E-state index in [9.17, 15) is 16.8 Å². The standard InChI is InChI=1S/C11H16O5S2/c1-10-5-4-6-11(9-10)17(12,13)7-2-3-8-18(14,15)16/h4-6,9H,2-3,7-8H2,1H3,(H,14,15,16). The van der Waals surface area contributed by atoms with Crippen LogP contribution in [-0.4, -0.2) is 32.9 Å². The van der Waals surface area contributed by atoms with Gasteiger partial charge in [-0.1, -0.05) is 12.1 Å². The Balaban J connectivity index is 2.61. The van der Waals surface area contributed by atoms with Crippen LogP contribution in [0.5, 0.6) is 0 Å². The highest BCUT2D eigenvalue weighted by Crippen LogP contribution is 2.14. The Morgan fingerprint density at radius 2 is 1.67 bits per heavy atom. The van der Waals surface area contributed by atoms with Gasteiger partial charge < -0.3 is 0 Å². The van der Waals surface area contributed by atoms with Crippen molar-refractivity contribution in [2.24, 2.45) is 0 Å². The monoisotopic (exact) mass is 292 g/mol. The minimum atomic E-state index is -4.01. The number of hydrogen-bond donors (Lipinski definition) is 1. The van der Waals surface area contributed by atoms with Crippen molar-refractivity contribution in [1.29, 1.82) is 0 Å². The van der Waals surface area contributed by atoms with Gasteiger partial charge in [0.05, 0.1) is 16.4 Å². The Bertz CT molecular complexity index is 602. The number of unbranched alkanes of at least 4 members (excludes halogenated alkanes) is 1. The highest BCUT2D eigenvalue weighted by atomic mass is 32.2. The second-order valence-corrected chi connectivity index (χ2v) is 7.81. The van der Waals surface area contributed by atoms with Crippen molar-refractivity contribution < 1.29 is 21.4 Å². The van der Waals surface area contributed by atoms with Crippen LogP contribution < -0.4 is 0 Å². The Hall–Kier alpha value is -0.920. The molecule has 0 saturated carbocycles. The summed E-state index contributed by atoms with van der Waals surface area (Å²) < 4.78 is 53.3. The molecule has 1 aromatic carbocycles. The van der Waals surface area contributed by atoms with Crippen molar-refractivity contribution in [2.75, 3.05) is 11.5 Å². The molecule has 0 atom stereocenters. The van der Waals surface area contributed by atoms with Crippen molar-refractivity contribution >= 4 is 20.0 Å². The molecule has 0 radical (unpaired) electrons. The fourth-order valence-electron chi connectivity index (χ4n) is 1.50. The van der Waals surface area contributed by atoms with Gasteiger partial charge in [-0.25, -0.2) is 8.42 Å². The summed E-state index contributed by atoms with van der Waals surface area (Å²) in [5, 5.41) is 0. The third kappa shape index (κ3) is 5.16. The van der Waals surface area contributed by atoms with E-state index in [0.717, 1.165) is 5.56 Å². The molecule has 0 bridgehead atoms. The van der Waals surface area contributed by atoms with Gasteiger partial charge in [-0.3, -0.25) is 4.55 Å². The molecule has 0 amide bonds. The average Bonchev–Trinajstić information content (AvgIpc) is 2.23. The number of rotatable bonds is 6. The third-order valence-corrected chi connectivity index (χ3v) is 5.02. The minimum Gasteiger partial charge on any atom is -0.286 e. The van der Waals surface area contributed by atoms with Crippen molar-refractivity contribution in [1.82, 2.24) is 0 Å². The molecule has 0 aliphatic rings. The number of aryl methyl sites for hydroxylation is 1. The lowest BCUT2D eigenvalue weighted by molar-refractivity contribution is 0.480. The zero-order valence-corrected chi connectivity index (χ0v) is 11.7. The molecule has 1 N–H and O–H groups in total. The summed E-state index contributed by atoms with van der Waals surface area (Å²) in [7, 11) is -7.39. The van der Waals surface area contributed by atoms with E-state index in [1.165, 1.54) is 6.07 Å². The maximum absolute atomic E-state index is 11.9. The van der Waals surface area contributed by atoms with Crippen molar-refractivity contribution in [2.45, 2.75) is 24.7 Å². The second-order valence-electron chi connectivity index (χ2n) is 4.13. The van der Waals surface area contributed by atoms with Crippen LogP contribution >= 0.6 is 0 Å². The first kappa shape index (κ1) is 15.1. The van der Waals surface area contributed by atoms with Gasteiger partial charge in [0, 0.05) is 0 Å². The topological polar surface area (TPSA) is 88.5 Å². The van der Waals surface area contributed by atoms with Crippen LogP contribution in [0, 0.1) is 6.92 Å². The maximum atomic E-state index is 11.9. The lowest BCUT2D eigenvalue weighted by Gasteiger charge is -2.04. The van der Waals surface area contributed by atoms with Gasteiger partial charge in [0.2, 0.25) is 0 Å². The predicted molar refractivity (Wildman–Crippen MR) is 68.9 cm³/mol. The normalized spacial score (nSPS) is 12.6. The van der Waals surface area contributed by atoms with E-state index in [1.54, 1.807) is 25.1 Å². The van der Waals surface area contributed by atoms with Crippen LogP contribution in [0.4, 0.5) is 0 Å². The van der Waals surface area contributed by atoms with Gasteiger partial charge in [-0.2, -0.15) is 8.42 Å². The summed E-state index contributed by atoms with van der Waals surface area (Å²) in [4.78, 5) is 0.245. The fraction of sp³-hybridized carbons (Fsp3) is 0.455. The molecule has 0 aromatic heterocycles. The van der Waals surface area contributed by atoms with E-state index >= 15 is 0 Å². The van der Waals surface area contributed by atoms with E-state index in [2.05, 4.69) is 0 Å². The number of sulfone groups is 1. The fourth-order valence-corrected chi connectivity index (χ4v) is 3.54. The molecule has 0 unspecified atom stereocenters. The molecule has 0 fully saturated rings. The van der Waals surface area contributed by atoms with Crippen LogP contribution in [0.25, 0.3) is 0 Å². The first-order valence-corrected chi connectivity index (χ1v) is 8.71. The van der Waals surface area contributed by atoms with Gasteiger partial charge in [-0.15, -0.1) is 0 Å². The molecule has 0 aliphatic heterocycles. The second kappa shape index (κ2) is 5.81. The maximum Gasteiger partial charge on any atom is 0.264 e. The zero-order valence-electron chi connectivity index (χ0n) is 10.0. The molecule has 1 aromatic rings. The van der Waals surface area contributed by atoms with Crippen molar-refractivity contribution in [3.05, 3.63) is 29.8 Å². The molecular weight excluding hydrogens is 276 g/mol. The molecule has 102 valence electrons. The number of hydrogen-bond acceptors (Lipinski definition) is 4. The Morgan fingerprint density at radius 1 is 1.06 bits per heavy atom. The van der Waals surface area contributed by atoms with Crippen molar-refractivity contribution in [3.63, 3.8) is 0 Å². The smallest absolute Gasteiger partial charge is 0.264 e. The molecule has 0 saturated heterocycles. The zero-order chi connectivity index (χ0) is 13.8. The van der Waals surface area contributed by atoms with Crippen LogP contribution in [0.15, 0.2) is 29.2 Å². The molecule has 7 heteroatoms. The largest absolute Gasteiger partial charge is 0.286 e. The summed E-state index contributed by atoms with van der Waals surface area (Å²) in [6.07, 6.45) is 0.333. The number of benzene rings is 1. The third-order valence-electron chi connectivity index (χ3n) is 2.41. The van der Waals surface area contributed by atoms with E-state index in [0.29, 0.717) is 0 Å². The van der Waals surface area contributed by atoms with Gasteiger partial charge in [0.1, 0.15) is 0 Å². The SMILES string of the molecule is Cc1cccc(S(=O)(=O)CCCCS(=O)(=O)O)c1. The summed E-state index contributed by atoms with van der Waals surface area (Å²) in [5.41, 5.74) is 0.856.